The summed E-state index contributed by atoms with van der Waals surface area (Å²) in [5.41, 5.74) is 6.00. The molecule has 0 fully saturated rings. The van der Waals surface area contributed by atoms with Gasteiger partial charge in [0.15, 0.2) is 0 Å². The van der Waals surface area contributed by atoms with Gasteiger partial charge in [0, 0.05) is 0 Å². The standard InChI is InChI=1S/C56H30F3N/c57-56(58,59)48-28-32(31-60)24-25-38(48)36-17-9-16-35(29-36)37-26-27-45-51-41(37)20-10-23-44(51)55-50(34-14-5-2-6-15-34)53-43-22-11-21-42-39-18-7-8-19-40(39)46(52(42)43)30-47(53)49(54(45)55)33-12-3-1-4-13-33/h1-30H. The first kappa shape index (κ1) is 34.3. The van der Waals surface area contributed by atoms with Crippen molar-refractivity contribution in [3.05, 3.63) is 193 Å². The lowest BCUT2D eigenvalue weighted by Gasteiger charge is -2.19. The highest BCUT2D eigenvalue weighted by atomic mass is 19.4. The van der Waals surface area contributed by atoms with E-state index >= 15 is 0 Å². The van der Waals surface area contributed by atoms with Crippen LogP contribution in [0.25, 0.3) is 120 Å². The Bertz CT molecular complexity index is 3750. The van der Waals surface area contributed by atoms with Crippen LogP contribution in [0.4, 0.5) is 13.2 Å². The molecule has 0 N–H and O–H groups in total. The number of benzene rings is 10. The predicted molar refractivity (Wildman–Crippen MR) is 243 cm³/mol. The van der Waals surface area contributed by atoms with Crippen LogP contribution in [0, 0.1) is 11.3 Å². The molecule has 0 unspecified atom stereocenters. The number of alkyl halides is 3. The summed E-state index contributed by atoms with van der Waals surface area (Å²) in [6.07, 6.45) is -4.63. The maximum absolute atomic E-state index is 14.4. The van der Waals surface area contributed by atoms with Gasteiger partial charge >= 0.3 is 6.18 Å². The van der Waals surface area contributed by atoms with E-state index in [1.54, 1.807) is 6.07 Å². The SMILES string of the molecule is N#Cc1ccc(-c2cccc(-c3ccc4c5c(-c6ccccc6)c6cc7c8ccccc8c8cccc(c6c(-c6ccccc6)c5c5cccc3c45)c87)c2)c(C(F)(F)F)c1. The molecule has 0 amide bonds. The monoisotopic (exact) mass is 773 g/mol. The summed E-state index contributed by atoms with van der Waals surface area (Å²) in [5, 5.41) is 26.1. The zero-order valence-corrected chi connectivity index (χ0v) is 31.9. The second-order valence-electron chi connectivity index (χ2n) is 15.7. The summed E-state index contributed by atoms with van der Waals surface area (Å²) < 4.78 is 43.2. The summed E-state index contributed by atoms with van der Waals surface area (Å²) in [4.78, 5) is 0. The van der Waals surface area contributed by atoms with E-state index in [2.05, 4.69) is 140 Å². The van der Waals surface area contributed by atoms with Gasteiger partial charge in [-0.25, -0.2) is 0 Å². The van der Waals surface area contributed by atoms with Gasteiger partial charge in [-0.2, -0.15) is 18.4 Å². The third-order valence-corrected chi connectivity index (χ3v) is 12.6. The lowest BCUT2D eigenvalue weighted by atomic mass is 9.84. The molecule has 280 valence electrons. The van der Waals surface area contributed by atoms with Crippen molar-refractivity contribution in [1.82, 2.24) is 0 Å². The highest BCUT2D eigenvalue weighted by molar-refractivity contribution is 6.45. The molecular formula is C56H30F3N. The van der Waals surface area contributed by atoms with Crippen LogP contribution in [0.3, 0.4) is 0 Å². The van der Waals surface area contributed by atoms with Crippen LogP contribution in [-0.4, -0.2) is 0 Å². The second kappa shape index (κ2) is 12.6. The van der Waals surface area contributed by atoms with Gasteiger partial charge in [0.25, 0.3) is 0 Å². The number of nitrogens with zero attached hydrogens (tertiary/aromatic N) is 1. The Morgan fingerprint density at radius 2 is 0.833 bits per heavy atom. The number of nitriles is 1. The van der Waals surface area contributed by atoms with E-state index in [4.69, 9.17) is 0 Å². The fourth-order valence-electron chi connectivity index (χ4n) is 10.2. The number of hydrogen-bond donors (Lipinski definition) is 0. The zero-order chi connectivity index (χ0) is 40.3. The number of halogens is 3. The highest BCUT2D eigenvalue weighted by Crippen LogP contribution is 2.55. The fraction of sp³-hybridized carbons (Fsp3) is 0.0179. The Hall–Kier alpha value is -7.74. The first-order valence-corrected chi connectivity index (χ1v) is 20.0. The van der Waals surface area contributed by atoms with Crippen LogP contribution in [0.2, 0.25) is 0 Å². The molecule has 0 saturated carbocycles. The summed E-state index contributed by atoms with van der Waals surface area (Å²) in [5.74, 6) is 0. The van der Waals surface area contributed by atoms with E-state index in [0.717, 1.165) is 49.9 Å². The molecule has 0 aliphatic heterocycles. The molecule has 0 atom stereocenters. The van der Waals surface area contributed by atoms with Crippen LogP contribution >= 0.6 is 0 Å². The summed E-state index contributed by atoms with van der Waals surface area (Å²) in [6, 6.07) is 63.1. The van der Waals surface area contributed by atoms with Crippen molar-refractivity contribution < 1.29 is 13.2 Å². The molecule has 0 saturated heterocycles. The van der Waals surface area contributed by atoms with Crippen molar-refractivity contribution >= 4 is 75.4 Å². The highest BCUT2D eigenvalue weighted by Gasteiger charge is 2.34. The van der Waals surface area contributed by atoms with Crippen molar-refractivity contribution in [3.8, 4) is 50.6 Å². The first-order valence-electron chi connectivity index (χ1n) is 20.0. The Balaban J connectivity index is 1.24. The molecule has 12 aromatic rings. The van der Waals surface area contributed by atoms with Gasteiger partial charge < -0.3 is 0 Å². The third-order valence-electron chi connectivity index (χ3n) is 12.6. The molecule has 0 aliphatic carbocycles. The third kappa shape index (κ3) is 4.81. The molecular weight excluding hydrogens is 744 g/mol. The van der Waals surface area contributed by atoms with Crippen molar-refractivity contribution in [2.75, 3.05) is 0 Å². The maximum Gasteiger partial charge on any atom is 0.417 e. The van der Waals surface area contributed by atoms with E-state index < -0.39 is 11.7 Å². The minimum absolute atomic E-state index is 0.0293. The van der Waals surface area contributed by atoms with E-state index in [1.165, 1.54) is 77.1 Å². The molecule has 60 heavy (non-hydrogen) atoms. The van der Waals surface area contributed by atoms with Crippen LogP contribution in [-0.2, 0) is 6.18 Å². The van der Waals surface area contributed by atoms with E-state index in [1.807, 2.05) is 24.3 Å². The molecule has 1 nitrogen and oxygen atoms in total. The van der Waals surface area contributed by atoms with Crippen molar-refractivity contribution in [2.45, 2.75) is 6.18 Å². The number of rotatable bonds is 4. The van der Waals surface area contributed by atoms with Gasteiger partial charge in [-0.15, -0.1) is 0 Å². The summed E-state index contributed by atoms with van der Waals surface area (Å²) >= 11 is 0. The predicted octanol–water partition coefficient (Wildman–Crippen LogP) is 16.2. The molecule has 0 aromatic heterocycles. The quantitative estimate of drug-likeness (QED) is 0.163. The number of hydrogen-bond acceptors (Lipinski definition) is 1. The Kier molecular flexibility index (Phi) is 7.22. The molecule has 0 aliphatic rings. The molecule has 0 spiro atoms. The van der Waals surface area contributed by atoms with Gasteiger partial charge in [0.1, 0.15) is 0 Å². The molecule has 0 heterocycles. The lowest BCUT2D eigenvalue weighted by molar-refractivity contribution is -0.137. The summed E-state index contributed by atoms with van der Waals surface area (Å²) in [6.45, 7) is 0. The van der Waals surface area contributed by atoms with E-state index in [9.17, 15) is 18.4 Å². The van der Waals surface area contributed by atoms with Gasteiger partial charge in [0.2, 0.25) is 0 Å². The topological polar surface area (TPSA) is 23.8 Å². The number of fused-ring (bicyclic) bond motifs is 8. The molecule has 4 heteroatoms. The van der Waals surface area contributed by atoms with E-state index in [0.29, 0.717) is 5.56 Å². The molecule has 12 rings (SSSR count). The van der Waals surface area contributed by atoms with Crippen LogP contribution < -0.4 is 0 Å². The van der Waals surface area contributed by atoms with E-state index in [-0.39, 0.29) is 11.1 Å². The smallest absolute Gasteiger partial charge is 0.192 e. The van der Waals surface area contributed by atoms with Gasteiger partial charge in [-0.05, 0) is 144 Å². The maximum atomic E-state index is 14.4. The average molecular weight is 774 g/mol. The van der Waals surface area contributed by atoms with Crippen LogP contribution in [0.1, 0.15) is 11.1 Å². The first-order chi connectivity index (χ1) is 29.4. The van der Waals surface area contributed by atoms with Crippen LogP contribution in [0.15, 0.2) is 182 Å². The van der Waals surface area contributed by atoms with Crippen molar-refractivity contribution in [1.29, 1.82) is 5.26 Å². The Labute approximate surface area is 342 Å². The Morgan fingerprint density at radius 1 is 0.333 bits per heavy atom. The second-order valence-corrected chi connectivity index (χ2v) is 15.7. The molecule has 12 aromatic carbocycles. The zero-order valence-electron chi connectivity index (χ0n) is 31.9. The van der Waals surface area contributed by atoms with Crippen molar-refractivity contribution in [2.24, 2.45) is 0 Å². The average Bonchev–Trinajstić information content (AvgIpc) is 3.80. The van der Waals surface area contributed by atoms with Crippen molar-refractivity contribution in [3.63, 3.8) is 0 Å². The fourth-order valence-corrected chi connectivity index (χ4v) is 10.2. The molecule has 0 bridgehead atoms. The molecule has 0 radical (unpaired) electrons. The summed E-state index contributed by atoms with van der Waals surface area (Å²) in [7, 11) is 0. The Morgan fingerprint density at radius 3 is 1.53 bits per heavy atom. The largest absolute Gasteiger partial charge is 0.417 e. The normalized spacial score (nSPS) is 12.2. The minimum atomic E-state index is -4.63. The van der Waals surface area contributed by atoms with Gasteiger partial charge in [0.05, 0.1) is 17.2 Å². The van der Waals surface area contributed by atoms with Gasteiger partial charge in [-0.3, -0.25) is 0 Å². The lowest BCUT2D eigenvalue weighted by Crippen LogP contribution is -2.07. The van der Waals surface area contributed by atoms with Gasteiger partial charge in [-0.1, -0.05) is 158 Å². The van der Waals surface area contributed by atoms with Crippen LogP contribution in [0.5, 0.6) is 0 Å². The minimum Gasteiger partial charge on any atom is -0.192 e.